The van der Waals surface area contributed by atoms with Gasteiger partial charge in [0.05, 0.1) is 16.0 Å². The van der Waals surface area contributed by atoms with Crippen LogP contribution in [0, 0.1) is 5.82 Å². The number of hydrogen-bond acceptors (Lipinski definition) is 6. The third-order valence-electron chi connectivity index (χ3n) is 4.67. The molecular formula is C22H14F4N2O5S. The second-order valence-electron chi connectivity index (χ2n) is 6.99. The number of carbonyl (C=O) groups excluding carboxylic acids is 1. The maximum Gasteiger partial charge on any atom is 0.573 e. The number of hydrogen-bond donors (Lipinski definition) is 1. The lowest BCUT2D eigenvalue weighted by atomic mass is 10.2. The Kier molecular flexibility index (Phi) is 6.00. The number of ether oxygens (including phenoxy) is 1. The summed E-state index contributed by atoms with van der Waals surface area (Å²) in [6, 6.07) is 10.5. The van der Waals surface area contributed by atoms with Crippen LogP contribution in [0.25, 0.3) is 11.0 Å². The van der Waals surface area contributed by atoms with Crippen LogP contribution in [0.1, 0.15) is 16.1 Å². The number of furan rings is 1. The molecule has 0 radical (unpaired) electrons. The van der Waals surface area contributed by atoms with Crippen LogP contribution in [0.2, 0.25) is 0 Å². The average molecular weight is 494 g/mol. The van der Waals surface area contributed by atoms with Gasteiger partial charge in [0.15, 0.2) is 22.9 Å². The van der Waals surface area contributed by atoms with Crippen molar-refractivity contribution in [1.82, 2.24) is 10.3 Å². The summed E-state index contributed by atoms with van der Waals surface area (Å²) >= 11 is 0. The zero-order chi connectivity index (χ0) is 24.5. The number of nitrogens with zero attached hydrogens (tertiary/aromatic N) is 1. The van der Waals surface area contributed by atoms with Crippen molar-refractivity contribution in [2.24, 2.45) is 0 Å². The minimum atomic E-state index is -5.12. The molecular weight excluding hydrogens is 480 g/mol. The van der Waals surface area contributed by atoms with Crippen LogP contribution in [0.3, 0.4) is 0 Å². The highest BCUT2D eigenvalue weighted by molar-refractivity contribution is 7.91. The fraction of sp³-hybridized carbons (Fsp3) is 0.0909. The number of amides is 1. The van der Waals surface area contributed by atoms with Crippen LogP contribution in [0.15, 0.2) is 81.2 Å². The van der Waals surface area contributed by atoms with Gasteiger partial charge in [0.1, 0.15) is 0 Å². The molecule has 0 saturated carbocycles. The molecule has 0 aliphatic rings. The average Bonchev–Trinajstić information content (AvgIpc) is 3.23. The number of aromatic nitrogens is 1. The van der Waals surface area contributed by atoms with Crippen molar-refractivity contribution < 1.29 is 39.9 Å². The Hall–Kier alpha value is -3.93. The van der Waals surface area contributed by atoms with Gasteiger partial charge in [-0.3, -0.25) is 9.78 Å². The van der Waals surface area contributed by atoms with Crippen LogP contribution in [0.4, 0.5) is 17.6 Å². The number of fused-ring (bicyclic) bond motifs is 1. The molecule has 4 aromatic rings. The van der Waals surface area contributed by atoms with E-state index in [0.29, 0.717) is 28.7 Å². The third-order valence-corrected chi connectivity index (χ3v) is 6.44. The van der Waals surface area contributed by atoms with Crippen LogP contribution >= 0.6 is 0 Å². The van der Waals surface area contributed by atoms with Crippen LogP contribution in [-0.4, -0.2) is 25.7 Å². The van der Waals surface area contributed by atoms with Gasteiger partial charge in [0.2, 0.25) is 9.84 Å². The van der Waals surface area contributed by atoms with Crippen molar-refractivity contribution in [3.63, 3.8) is 0 Å². The SMILES string of the molecule is O=C(NCc1ccc(S(=O)(=O)c2ccc(OC(F)(F)F)c(F)c2)cc1)c1cc2ccncc2o1. The number of carbonyl (C=O) groups is 1. The van der Waals surface area contributed by atoms with Gasteiger partial charge in [-0.15, -0.1) is 13.2 Å². The molecule has 2 heterocycles. The van der Waals surface area contributed by atoms with E-state index < -0.39 is 38.6 Å². The number of sulfone groups is 1. The summed E-state index contributed by atoms with van der Waals surface area (Å²) in [7, 11) is -4.21. The molecule has 34 heavy (non-hydrogen) atoms. The van der Waals surface area contributed by atoms with E-state index in [1.54, 1.807) is 18.3 Å². The highest BCUT2D eigenvalue weighted by atomic mass is 32.2. The van der Waals surface area contributed by atoms with Crippen LogP contribution in [-0.2, 0) is 16.4 Å². The summed E-state index contributed by atoms with van der Waals surface area (Å²) in [5.41, 5.74) is 1.02. The fourth-order valence-corrected chi connectivity index (χ4v) is 4.32. The second kappa shape index (κ2) is 8.78. The number of pyridine rings is 1. The largest absolute Gasteiger partial charge is 0.573 e. The molecule has 0 spiro atoms. The van der Waals surface area contributed by atoms with E-state index in [1.807, 2.05) is 0 Å². The number of benzene rings is 2. The molecule has 12 heteroatoms. The first-order valence-corrected chi connectivity index (χ1v) is 11.0. The topological polar surface area (TPSA) is 98.5 Å². The Labute approximate surface area is 189 Å². The lowest BCUT2D eigenvalue weighted by Crippen LogP contribution is -2.22. The van der Waals surface area contributed by atoms with Crippen LogP contribution < -0.4 is 10.1 Å². The highest BCUT2D eigenvalue weighted by Crippen LogP contribution is 2.29. The monoisotopic (exact) mass is 494 g/mol. The minimum Gasteiger partial charge on any atom is -0.449 e. The predicted molar refractivity (Wildman–Crippen MR) is 110 cm³/mol. The first-order valence-electron chi connectivity index (χ1n) is 9.54. The third kappa shape index (κ3) is 5.01. The van der Waals surface area contributed by atoms with Crippen molar-refractivity contribution in [1.29, 1.82) is 0 Å². The zero-order valence-electron chi connectivity index (χ0n) is 17.0. The van der Waals surface area contributed by atoms with E-state index in [4.69, 9.17) is 4.42 Å². The smallest absolute Gasteiger partial charge is 0.449 e. The Balaban J connectivity index is 1.45. The Morgan fingerprint density at radius 1 is 1.03 bits per heavy atom. The quantitative estimate of drug-likeness (QED) is 0.393. The molecule has 1 N–H and O–H groups in total. The molecule has 2 aromatic heterocycles. The molecule has 0 atom stereocenters. The zero-order valence-corrected chi connectivity index (χ0v) is 17.8. The van der Waals surface area contributed by atoms with Gasteiger partial charge >= 0.3 is 6.36 Å². The van der Waals surface area contributed by atoms with Gasteiger partial charge in [-0.05, 0) is 48.0 Å². The molecule has 0 fully saturated rings. The maximum atomic E-state index is 13.9. The Morgan fingerprint density at radius 3 is 2.38 bits per heavy atom. The van der Waals surface area contributed by atoms with Gasteiger partial charge in [-0.25, -0.2) is 12.8 Å². The van der Waals surface area contributed by atoms with Crippen LogP contribution in [0.5, 0.6) is 5.75 Å². The summed E-state index contributed by atoms with van der Waals surface area (Å²) in [6.45, 7) is 0.0621. The van der Waals surface area contributed by atoms with E-state index in [1.165, 1.54) is 30.5 Å². The summed E-state index contributed by atoms with van der Waals surface area (Å²) < 4.78 is 85.1. The first kappa shape index (κ1) is 23.2. The van der Waals surface area contributed by atoms with E-state index in [0.717, 1.165) is 6.07 Å². The van der Waals surface area contributed by atoms with Crippen molar-refractivity contribution in [2.75, 3.05) is 0 Å². The molecule has 2 aromatic carbocycles. The normalized spacial score (nSPS) is 12.0. The molecule has 0 unspecified atom stereocenters. The Morgan fingerprint density at radius 2 is 1.74 bits per heavy atom. The van der Waals surface area contributed by atoms with Crippen molar-refractivity contribution >= 4 is 26.7 Å². The predicted octanol–water partition coefficient (Wildman–Crippen LogP) is 4.63. The lowest BCUT2D eigenvalue weighted by molar-refractivity contribution is -0.275. The van der Waals surface area contributed by atoms with E-state index in [9.17, 15) is 30.8 Å². The fourth-order valence-electron chi connectivity index (χ4n) is 3.04. The van der Waals surface area contributed by atoms with Gasteiger partial charge in [-0.1, -0.05) is 12.1 Å². The van der Waals surface area contributed by atoms with Crippen molar-refractivity contribution in [3.8, 4) is 5.75 Å². The summed E-state index contributed by atoms with van der Waals surface area (Å²) in [5, 5.41) is 3.35. The van der Waals surface area contributed by atoms with E-state index in [2.05, 4.69) is 15.0 Å². The maximum absolute atomic E-state index is 13.9. The first-order chi connectivity index (χ1) is 16.0. The summed E-state index contributed by atoms with van der Waals surface area (Å²) in [5.74, 6) is -3.01. The molecule has 0 aliphatic heterocycles. The number of alkyl halides is 3. The molecule has 0 bridgehead atoms. The molecule has 0 saturated heterocycles. The van der Waals surface area contributed by atoms with Gasteiger partial charge in [-0.2, -0.15) is 0 Å². The van der Waals surface area contributed by atoms with Gasteiger partial charge in [0.25, 0.3) is 5.91 Å². The minimum absolute atomic E-state index is 0.0621. The number of nitrogens with one attached hydrogen (secondary N) is 1. The van der Waals surface area contributed by atoms with E-state index >= 15 is 0 Å². The highest BCUT2D eigenvalue weighted by Gasteiger charge is 2.33. The Bertz CT molecular complexity index is 1430. The van der Waals surface area contributed by atoms with Crippen molar-refractivity contribution in [3.05, 3.63) is 84.1 Å². The summed E-state index contributed by atoms with van der Waals surface area (Å²) in [6.07, 6.45) is -2.07. The number of rotatable bonds is 6. The van der Waals surface area contributed by atoms with Gasteiger partial charge < -0.3 is 14.5 Å². The lowest BCUT2D eigenvalue weighted by Gasteiger charge is -2.11. The molecule has 176 valence electrons. The molecule has 1 amide bonds. The van der Waals surface area contributed by atoms with Crippen molar-refractivity contribution in [2.45, 2.75) is 22.7 Å². The standard InChI is InChI=1S/C22H14F4N2O5S/c23-17-10-16(5-6-18(17)33-22(24,25)26)34(30,31)15-3-1-13(2-4-15)11-28-21(29)19-9-14-7-8-27-12-20(14)32-19/h1-10,12H,11H2,(H,28,29). The second-order valence-corrected chi connectivity index (χ2v) is 8.94. The molecule has 0 aliphatic carbocycles. The molecule has 4 rings (SSSR count). The van der Waals surface area contributed by atoms with Gasteiger partial charge in [0, 0.05) is 18.1 Å². The summed E-state index contributed by atoms with van der Waals surface area (Å²) in [4.78, 5) is 15.5. The van der Waals surface area contributed by atoms with E-state index in [-0.39, 0.29) is 17.2 Å². The molecule has 7 nitrogen and oxygen atoms in total. The number of halogens is 4.